The van der Waals surface area contributed by atoms with Crippen molar-refractivity contribution >= 4 is 18.0 Å². The summed E-state index contributed by atoms with van der Waals surface area (Å²) >= 11 is 0. The van der Waals surface area contributed by atoms with Crippen LogP contribution in [0.25, 0.3) is 6.08 Å². The normalized spacial score (nSPS) is 22.7. The van der Waals surface area contributed by atoms with Gasteiger partial charge < -0.3 is 33.2 Å². The number of ether oxygens (including phenoxy) is 7. The maximum absolute atomic E-state index is 13.3. The van der Waals surface area contributed by atoms with Crippen LogP contribution in [0.3, 0.4) is 0 Å². The van der Waals surface area contributed by atoms with E-state index in [-0.39, 0.29) is 38.2 Å². The summed E-state index contributed by atoms with van der Waals surface area (Å²) in [5.74, 6) is 0.752. The molecule has 3 aromatic carbocycles. The van der Waals surface area contributed by atoms with E-state index in [9.17, 15) is 28.0 Å². The van der Waals surface area contributed by atoms with E-state index in [1.807, 2.05) is 18.9 Å². The number of carbonyl (C=O) groups is 2. The molecular formula is C40H40F3N3O9. The van der Waals surface area contributed by atoms with Crippen LogP contribution in [0.2, 0.25) is 0 Å². The van der Waals surface area contributed by atoms with E-state index in [0.29, 0.717) is 51.9 Å². The topological polar surface area (TPSA) is 129 Å². The van der Waals surface area contributed by atoms with E-state index in [0.717, 1.165) is 34.9 Å². The van der Waals surface area contributed by atoms with Gasteiger partial charge in [-0.1, -0.05) is 18.2 Å². The standard InChI is InChI=1S/C40H40F3N3O9/c1-20-12-24-14-27-29(16-44)46-28(34(45(27)4)32(24)38(35(20)50-6)52-18-49-5)15-26-33(39-37(53-19-54-39)21(2)36(26)55-22(3)47)30(46)17-51-31(48)11-10-23-8-7-9-25(13-23)40(41,42)43/h7-13,27-30,34H,14-15,17-19H2,1-6H3/b11-10+/t27-,28?,29-,30-,34-/m0/s1. The number of alkyl halides is 3. The Morgan fingerprint density at radius 3 is 2.49 bits per heavy atom. The van der Waals surface area contributed by atoms with Crippen LogP contribution in [-0.4, -0.2) is 81.3 Å². The summed E-state index contributed by atoms with van der Waals surface area (Å²) in [4.78, 5) is 30.1. The summed E-state index contributed by atoms with van der Waals surface area (Å²) in [5.41, 5.74) is 3.76. The lowest BCUT2D eigenvalue weighted by Crippen LogP contribution is -2.68. The van der Waals surface area contributed by atoms with E-state index >= 15 is 0 Å². The molecule has 55 heavy (non-hydrogen) atoms. The fourth-order valence-corrected chi connectivity index (χ4v) is 8.70. The molecule has 7 rings (SSSR count). The summed E-state index contributed by atoms with van der Waals surface area (Å²) in [6.07, 6.45) is -1.47. The second-order valence-corrected chi connectivity index (χ2v) is 14.0. The Balaban J connectivity index is 1.36. The first kappa shape index (κ1) is 38.0. The number of methoxy groups -OCH3 is 2. The van der Waals surface area contributed by atoms with Crippen molar-refractivity contribution in [3.8, 4) is 34.8 Å². The van der Waals surface area contributed by atoms with Crippen molar-refractivity contribution in [1.82, 2.24) is 9.80 Å². The molecule has 1 saturated heterocycles. The van der Waals surface area contributed by atoms with Crippen molar-refractivity contribution in [2.45, 2.75) is 70.0 Å². The number of nitrogens with zero attached hydrogens (tertiary/aromatic N) is 3. The lowest BCUT2D eigenvalue weighted by molar-refractivity contribution is -0.143. The Labute approximate surface area is 315 Å². The number of likely N-dealkylation sites (N-methyl/N-ethyl adjacent to an activating group) is 1. The van der Waals surface area contributed by atoms with Gasteiger partial charge >= 0.3 is 18.1 Å². The number of hydrogen-bond acceptors (Lipinski definition) is 12. The minimum atomic E-state index is -4.55. The highest BCUT2D eigenvalue weighted by Gasteiger charge is 2.57. The van der Waals surface area contributed by atoms with Crippen LogP contribution in [-0.2, 0) is 38.1 Å². The van der Waals surface area contributed by atoms with Gasteiger partial charge in [0.1, 0.15) is 18.4 Å². The molecular weight excluding hydrogens is 723 g/mol. The number of hydrogen-bond donors (Lipinski definition) is 0. The molecule has 12 nitrogen and oxygen atoms in total. The minimum Gasteiger partial charge on any atom is -0.493 e. The molecule has 0 aromatic heterocycles. The number of esters is 2. The molecule has 3 aromatic rings. The van der Waals surface area contributed by atoms with Crippen molar-refractivity contribution in [2.75, 3.05) is 41.5 Å². The molecule has 290 valence electrons. The van der Waals surface area contributed by atoms with Crippen molar-refractivity contribution in [2.24, 2.45) is 0 Å². The number of piperazine rings is 1. The Morgan fingerprint density at radius 1 is 1.04 bits per heavy atom. The molecule has 0 spiro atoms. The van der Waals surface area contributed by atoms with Gasteiger partial charge in [0.2, 0.25) is 6.79 Å². The zero-order chi connectivity index (χ0) is 39.3. The molecule has 4 heterocycles. The average molecular weight is 764 g/mol. The summed E-state index contributed by atoms with van der Waals surface area (Å²) in [6.45, 7) is 4.57. The monoisotopic (exact) mass is 763 g/mol. The fraction of sp³-hybridized carbons (Fsp3) is 0.425. The molecule has 2 bridgehead atoms. The van der Waals surface area contributed by atoms with Gasteiger partial charge in [-0.2, -0.15) is 18.4 Å². The molecule has 0 aliphatic carbocycles. The van der Waals surface area contributed by atoms with Crippen molar-refractivity contribution < 1.29 is 55.9 Å². The number of rotatable bonds is 9. The third kappa shape index (κ3) is 6.62. The van der Waals surface area contributed by atoms with Gasteiger partial charge in [-0.25, -0.2) is 4.79 Å². The molecule has 4 aliphatic rings. The molecule has 0 N–H and O–H groups in total. The van der Waals surface area contributed by atoms with Crippen molar-refractivity contribution in [3.63, 3.8) is 0 Å². The smallest absolute Gasteiger partial charge is 0.416 e. The van der Waals surface area contributed by atoms with Crippen LogP contribution >= 0.6 is 0 Å². The van der Waals surface area contributed by atoms with Gasteiger partial charge in [0, 0.05) is 54.4 Å². The van der Waals surface area contributed by atoms with Gasteiger partial charge in [-0.15, -0.1) is 0 Å². The molecule has 1 fully saturated rings. The van der Waals surface area contributed by atoms with Crippen LogP contribution in [0.15, 0.2) is 36.4 Å². The van der Waals surface area contributed by atoms with Crippen LogP contribution in [0, 0.1) is 25.2 Å². The quantitative estimate of drug-likeness (QED) is 0.110. The molecule has 15 heteroatoms. The second-order valence-electron chi connectivity index (χ2n) is 14.0. The van der Waals surface area contributed by atoms with Gasteiger partial charge in [0.25, 0.3) is 0 Å². The van der Waals surface area contributed by atoms with Crippen LogP contribution in [0.1, 0.15) is 63.5 Å². The van der Waals surface area contributed by atoms with Crippen LogP contribution in [0.5, 0.6) is 28.7 Å². The lowest BCUT2D eigenvalue weighted by atomic mass is 9.71. The molecule has 0 amide bonds. The molecule has 1 unspecified atom stereocenters. The predicted molar refractivity (Wildman–Crippen MR) is 190 cm³/mol. The maximum atomic E-state index is 13.3. The Hall–Kier alpha value is -5.30. The van der Waals surface area contributed by atoms with E-state index in [4.69, 9.17) is 33.2 Å². The largest absolute Gasteiger partial charge is 0.493 e. The number of halogens is 3. The van der Waals surface area contributed by atoms with Gasteiger partial charge in [-0.05, 0) is 68.6 Å². The number of carbonyl (C=O) groups excluding carboxylic acids is 2. The summed E-state index contributed by atoms with van der Waals surface area (Å²) in [7, 11) is 5.06. The first-order chi connectivity index (χ1) is 26.3. The first-order valence-corrected chi connectivity index (χ1v) is 17.6. The Kier molecular flexibility index (Phi) is 10.2. The zero-order valence-electron chi connectivity index (χ0n) is 31.1. The summed E-state index contributed by atoms with van der Waals surface area (Å²) in [6, 6.07) is 6.46. The highest BCUT2D eigenvalue weighted by Crippen LogP contribution is 2.58. The van der Waals surface area contributed by atoms with Crippen LogP contribution < -0.4 is 23.7 Å². The lowest BCUT2D eigenvalue weighted by Gasteiger charge is -2.59. The summed E-state index contributed by atoms with van der Waals surface area (Å²) < 4.78 is 81.2. The molecule has 4 aliphatic heterocycles. The van der Waals surface area contributed by atoms with Gasteiger partial charge in [-0.3, -0.25) is 14.6 Å². The number of aryl methyl sites for hydroxylation is 1. The molecule has 5 atom stereocenters. The van der Waals surface area contributed by atoms with Gasteiger partial charge in [0.05, 0.1) is 30.8 Å². The van der Waals surface area contributed by atoms with E-state index < -0.39 is 47.8 Å². The van der Waals surface area contributed by atoms with E-state index in [1.54, 1.807) is 14.0 Å². The Bertz CT molecular complexity index is 2110. The third-order valence-corrected chi connectivity index (χ3v) is 10.8. The minimum absolute atomic E-state index is 0.0456. The fourth-order valence-electron chi connectivity index (χ4n) is 8.70. The SMILES string of the molecule is COCOc1c(OC)c(C)cc2c1[C@@H]1C3Cc4c(OC(C)=O)c(C)c5c(c4[C@H](COC(=O)/C=C/c4cccc(C(F)(F)F)c4)N3[C@@H](C#N)[C@H](C2)N1C)OCO5. The highest BCUT2D eigenvalue weighted by atomic mass is 19.4. The summed E-state index contributed by atoms with van der Waals surface area (Å²) in [5, 5.41) is 11.0. The van der Waals surface area contributed by atoms with E-state index in [2.05, 4.69) is 17.0 Å². The Morgan fingerprint density at radius 2 is 1.80 bits per heavy atom. The average Bonchev–Trinajstić information content (AvgIpc) is 3.64. The van der Waals surface area contributed by atoms with E-state index in [1.165, 1.54) is 32.2 Å². The first-order valence-electron chi connectivity index (χ1n) is 17.6. The zero-order valence-corrected chi connectivity index (χ0v) is 31.1. The van der Waals surface area contributed by atoms with Crippen molar-refractivity contribution in [1.29, 1.82) is 5.26 Å². The van der Waals surface area contributed by atoms with Crippen molar-refractivity contribution in [3.05, 3.63) is 80.9 Å². The number of benzene rings is 3. The second kappa shape index (κ2) is 14.7. The third-order valence-electron chi connectivity index (χ3n) is 10.8. The number of fused-ring (bicyclic) bond motifs is 9. The molecule has 0 radical (unpaired) electrons. The van der Waals surface area contributed by atoms with Crippen LogP contribution in [0.4, 0.5) is 13.2 Å². The van der Waals surface area contributed by atoms with Gasteiger partial charge in [0.15, 0.2) is 29.8 Å². The molecule has 0 saturated carbocycles. The predicted octanol–water partition coefficient (Wildman–Crippen LogP) is 6.00. The maximum Gasteiger partial charge on any atom is 0.416 e. The highest BCUT2D eigenvalue weighted by molar-refractivity contribution is 5.87. The number of nitriles is 1.